The van der Waals surface area contributed by atoms with Crippen LogP contribution in [0.5, 0.6) is 0 Å². The third-order valence-electron chi connectivity index (χ3n) is 3.32. The van der Waals surface area contributed by atoms with Crippen molar-refractivity contribution in [2.75, 3.05) is 10.6 Å². The van der Waals surface area contributed by atoms with Gasteiger partial charge in [-0.1, -0.05) is 36.9 Å². The third kappa shape index (κ3) is 3.84. The van der Waals surface area contributed by atoms with Gasteiger partial charge in [0.05, 0.1) is 5.69 Å². The lowest BCUT2D eigenvalue weighted by molar-refractivity contribution is -0.111. The van der Waals surface area contributed by atoms with Gasteiger partial charge in [0.25, 0.3) is 0 Å². The highest BCUT2D eigenvalue weighted by atomic mass is 16.1. The van der Waals surface area contributed by atoms with Gasteiger partial charge in [-0.3, -0.25) is 4.79 Å². The monoisotopic (exact) mass is 316 g/mol. The van der Waals surface area contributed by atoms with Crippen molar-refractivity contribution in [3.8, 4) is 11.3 Å². The first-order valence-electron chi connectivity index (χ1n) is 7.42. The van der Waals surface area contributed by atoms with Gasteiger partial charge in [-0.2, -0.15) is 0 Å². The number of nitrogens with zero attached hydrogens (tertiary/aromatic N) is 2. The molecule has 24 heavy (non-hydrogen) atoms. The van der Waals surface area contributed by atoms with E-state index in [2.05, 4.69) is 27.2 Å². The lowest BCUT2D eigenvalue weighted by atomic mass is 10.1. The van der Waals surface area contributed by atoms with Crippen molar-refractivity contribution in [3.05, 3.63) is 79.6 Å². The van der Waals surface area contributed by atoms with Gasteiger partial charge < -0.3 is 10.6 Å². The van der Waals surface area contributed by atoms with E-state index in [0.717, 1.165) is 16.9 Å². The van der Waals surface area contributed by atoms with Gasteiger partial charge in [0, 0.05) is 23.0 Å². The van der Waals surface area contributed by atoms with Gasteiger partial charge in [0.1, 0.15) is 12.1 Å². The molecule has 0 radical (unpaired) electrons. The fourth-order valence-electron chi connectivity index (χ4n) is 2.20. The summed E-state index contributed by atoms with van der Waals surface area (Å²) in [6.45, 7) is 3.45. The molecule has 1 aromatic heterocycles. The Morgan fingerprint density at radius 3 is 2.54 bits per heavy atom. The lowest BCUT2D eigenvalue weighted by Gasteiger charge is -2.08. The quantitative estimate of drug-likeness (QED) is 0.698. The fourth-order valence-corrected chi connectivity index (χ4v) is 2.20. The molecule has 3 aromatic rings. The van der Waals surface area contributed by atoms with Gasteiger partial charge in [0.2, 0.25) is 5.91 Å². The number of aromatic nitrogens is 2. The molecule has 5 nitrogen and oxygen atoms in total. The van der Waals surface area contributed by atoms with E-state index in [9.17, 15) is 4.79 Å². The molecule has 0 unspecified atom stereocenters. The highest BCUT2D eigenvalue weighted by molar-refractivity contribution is 5.99. The summed E-state index contributed by atoms with van der Waals surface area (Å²) in [4.78, 5) is 20.0. The van der Waals surface area contributed by atoms with E-state index in [1.165, 1.54) is 12.4 Å². The minimum Gasteiger partial charge on any atom is -0.340 e. The van der Waals surface area contributed by atoms with Gasteiger partial charge in [-0.05, 0) is 30.3 Å². The van der Waals surface area contributed by atoms with E-state index < -0.39 is 0 Å². The maximum absolute atomic E-state index is 11.4. The standard InChI is InChI=1S/C19H16N4O/c1-2-19(24)23-16-10-6-7-14(11-16)17-12-18(21-13-20-17)22-15-8-4-3-5-9-15/h2-13H,1H2,(H,23,24)(H,20,21,22). The van der Waals surface area contributed by atoms with Gasteiger partial charge in [-0.25, -0.2) is 9.97 Å². The molecule has 0 aliphatic carbocycles. The van der Waals surface area contributed by atoms with Crippen LogP contribution in [0.4, 0.5) is 17.2 Å². The highest BCUT2D eigenvalue weighted by Gasteiger charge is 2.05. The zero-order valence-corrected chi connectivity index (χ0v) is 12.9. The smallest absolute Gasteiger partial charge is 0.247 e. The molecule has 1 heterocycles. The SMILES string of the molecule is C=CC(=O)Nc1cccc(-c2cc(Nc3ccccc3)ncn2)c1. The summed E-state index contributed by atoms with van der Waals surface area (Å²) >= 11 is 0. The molecule has 0 fully saturated rings. The maximum atomic E-state index is 11.4. The van der Waals surface area contributed by atoms with Crippen molar-refractivity contribution >= 4 is 23.1 Å². The maximum Gasteiger partial charge on any atom is 0.247 e. The van der Waals surface area contributed by atoms with Crippen LogP contribution in [0, 0.1) is 0 Å². The average molecular weight is 316 g/mol. The molecule has 2 N–H and O–H groups in total. The number of hydrogen-bond donors (Lipinski definition) is 2. The van der Waals surface area contributed by atoms with Gasteiger partial charge in [0.15, 0.2) is 0 Å². The Balaban J connectivity index is 1.85. The number of carbonyl (C=O) groups is 1. The predicted molar refractivity (Wildman–Crippen MR) is 96.0 cm³/mol. The predicted octanol–water partition coefficient (Wildman–Crippen LogP) is 4.01. The molecule has 0 saturated carbocycles. The molecule has 0 spiro atoms. The molecule has 1 amide bonds. The topological polar surface area (TPSA) is 66.9 Å². The summed E-state index contributed by atoms with van der Waals surface area (Å²) in [5.41, 5.74) is 3.29. The van der Waals surface area contributed by atoms with Crippen LogP contribution in [-0.2, 0) is 4.79 Å². The molecule has 0 atom stereocenters. The molecule has 0 saturated heterocycles. The fraction of sp³-hybridized carbons (Fsp3) is 0. The van der Waals surface area contributed by atoms with Crippen molar-refractivity contribution < 1.29 is 4.79 Å². The minimum atomic E-state index is -0.249. The molecule has 0 aliphatic heterocycles. The minimum absolute atomic E-state index is 0.249. The number of carbonyl (C=O) groups excluding carboxylic acids is 1. The Kier molecular flexibility index (Phi) is 4.62. The number of amides is 1. The van der Waals surface area contributed by atoms with E-state index in [4.69, 9.17) is 0 Å². The van der Waals surface area contributed by atoms with Crippen molar-refractivity contribution in [3.63, 3.8) is 0 Å². The van der Waals surface area contributed by atoms with Crippen molar-refractivity contribution in [1.82, 2.24) is 9.97 Å². The first-order valence-corrected chi connectivity index (χ1v) is 7.42. The molecule has 0 bridgehead atoms. The van der Waals surface area contributed by atoms with Crippen LogP contribution in [0.1, 0.15) is 0 Å². The molecular weight excluding hydrogens is 300 g/mol. The van der Waals surface area contributed by atoms with E-state index in [-0.39, 0.29) is 5.91 Å². The normalized spacial score (nSPS) is 10.0. The summed E-state index contributed by atoms with van der Waals surface area (Å²) in [6.07, 6.45) is 2.74. The summed E-state index contributed by atoms with van der Waals surface area (Å²) in [6, 6.07) is 19.1. The van der Waals surface area contributed by atoms with Crippen LogP contribution in [0.3, 0.4) is 0 Å². The van der Waals surface area contributed by atoms with E-state index >= 15 is 0 Å². The first-order chi connectivity index (χ1) is 11.7. The summed E-state index contributed by atoms with van der Waals surface area (Å²) in [7, 11) is 0. The molecule has 2 aromatic carbocycles. The van der Waals surface area contributed by atoms with E-state index in [1.54, 1.807) is 0 Å². The zero-order chi connectivity index (χ0) is 16.8. The Hall–Kier alpha value is -3.47. The average Bonchev–Trinajstić information content (AvgIpc) is 2.63. The second-order valence-electron chi connectivity index (χ2n) is 5.05. The Morgan fingerprint density at radius 1 is 0.958 bits per heavy atom. The van der Waals surface area contributed by atoms with Crippen molar-refractivity contribution in [1.29, 1.82) is 0 Å². The molecule has 5 heteroatoms. The van der Waals surface area contributed by atoms with E-state index in [0.29, 0.717) is 11.5 Å². The van der Waals surface area contributed by atoms with Gasteiger partial charge >= 0.3 is 0 Å². The third-order valence-corrected chi connectivity index (χ3v) is 3.32. The molecule has 3 rings (SSSR count). The van der Waals surface area contributed by atoms with Crippen LogP contribution in [0.2, 0.25) is 0 Å². The summed E-state index contributed by atoms with van der Waals surface area (Å²) < 4.78 is 0. The van der Waals surface area contributed by atoms with Crippen LogP contribution < -0.4 is 10.6 Å². The summed E-state index contributed by atoms with van der Waals surface area (Å²) in [5.74, 6) is 0.452. The lowest BCUT2D eigenvalue weighted by Crippen LogP contribution is -2.07. The molecular formula is C19H16N4O. The number of benzene rings is 2. The number of hydrogen-bond acceptors (Lipinski definition) is 4. The van der Waals surface area contributed by atoms with Crippen molar-refractivity contribution in [2.24, 2.45) is 0 Å². The Bertz CT molecular complexity index is 862. The first kappa shape index (κ1) is 15.4. The Labute approximate surface area is 140 Å². The van der Waals surface area contributed by atoms with Crippen LogP contribution in [0.25, 0.3) is 11.3 Å². The van der Waals surface area contributed by atoms with Crippen LogP contribution in [0.15, 0.2) is 79.6 Å². The van der Waals surface area contributed by atoms with Crippen LogP contribution >= 0.6 is 0 Å². The number of anilines is 3. The second kappa shape index (κ2) is 7.19. The van der Waals surface area contributed by atoms with Crippen LogP contribution in [-0.4, -0.2) is 15.9 Å². The summed E-state index contributed by atoms with van der Waals surface area (Å²) in [5, 5.41) is 5.98. The number of para-hydroxylation sites is 1. The van der Waals surface area contributed by atoms with Gasteiger partial charge in [-0.15, -0.1) is 0 Å². The highest BCUT2D eigenvalue weighted by Crippen LogP contribution is 2.23. The largest absolute Gasteiger partial charge is 0.340 e. The Morgan fingerprint density at radius 2 is 1.75 bits per heavy atom. The molecule has 118 valence electrons. The second-order valence-corrected chi connectivity index (χ2v) is 5.05. The number of nitrogens with one attached hydrogen (secondary N) is 2. The zero-order valence-electron chi connectivity index (χ0n) is 12.9. The molecule has 0 aliphatic rings. The number of rotatable bonds is 5. The van der Waals surface area contributed by atoms with Crippen molar-refractivity contribution in [2.45, 2.75) is 0 Å². The van der Waals surface area contributed by atoms with E-state index in [1.807, 2.05) is 60.7 Å².